The van der Waals surface area contributed by atoms with E-state index in [0.717, 1.165) is 16.0 Å². The lowest BCUT2D eigenvalue weighted by molar-refractivity contribution is 1.12. The van der Waals surface area contributed by atoms with Gasteiger partial charge in [-0.25, -0.2) is 0 Å². The fraction of sp³-hybridized carbons (Fsp3) is 1.00. The SMILES string of the molecule is CC12SC3(CBr)SC(CBr)(S1)SC(CBr)(S2)S3. The summed E-state index contributed by atoms with van der Waals surface area (Å²) in [5.74, 6) is 0. The minimum Gasteiger partial charge on any atom is -0.104 e. The number of thioether (sulfide) groups is 6. The maximum Gasteiger partial charge on any atom is 0.123 e. The molecule has 0 radical (unpaired) electrons. The number of hydrogen-bond donors (Lipinski definition) is 0. The molecule has 4 heterocycles. The average molecular weight is 537 g/mol. The van der Waals surface area contributed by atoms with Gasteiger partial charge in [-0.2, -0.15) is 0 Å². The zero-order chi connectivity index (χ0) is 12.4. The van der Waals surface area contributed by atoms with Crippen LogP contribution in [0.15, 0.2) is 0 Å². The van der Waals surface area contributed by atoms with Crippen LogP contribution in [0.3, 0.4) is 0 Å². The van der Waals surface area contributed by atoms with Gasteiger partial charge in [0.25, 0.3) is 0 Å². The van der Waals surface area contributed by atoms with Gasteiger partial charge in [-0.3, -0.25) is 0 Å². The lowest BCUT2D eigenvalue weighted by atomic mass is 10.9. The zero-order valence-corrected chi connectivity index (χ0v) is 18.4. The second-order valence-corrected chi connectivity index (χ2v) is 18.7. The summed E-state index contributed by atoms with van der Waals surface area (Å²) in [5, 5.41) is 3.17. The normalized spacial score (nSPS) is 56.5. The van der Waals surface area contributed by atoms with Crippen LogP contribution in [0.4, 0.5) is 0 Å². The highest BCUT2D eigenvalue weighted by Crippen LogP contribution is 2.88. The van der Waals surface area contributed by atoms with Gasteiger partial charge in [0.1, 0.15) is 13.6 Å². The first-order chi connectivity index (χ1) is 7.92. The Morgan fingerprint density at radius 3 is 1.18 bits per heavy atom. The van der Waals surface area contributed by atoms with Crippen molar-refractivity contribution in [3.8, 4) is 0 Å². The molecule has 0 atom stereocenters. The molecule has 9 heteroatoms. The van der Waals surface area contributed by atoms with Crippen LogP contribution in [-0.2, 0) is 0 Å². The first-order valence-corrected chi connectivity index (χ1v) is 13.1. The Morgan fingerprint density at radius 2 is 0.941 bits per heavy atom. The molecule has 0 N–H and O–H groups in total. The van der Waals surface area contributed by atoms with E-state index in [0.29, 0.717) is 0 Å². The van der Waals surface area contributed by atoms with Crippen LogP contribution in [0.25, 0.3) is 0 Å². The maximum absolute atomic E-state index is 3.75. The molecule has 0 aromatic carbocycles. The van der Waals surface area contributed by atoms with Crippen LogP contribution in [0.5, 0.6) is 0 Å². The largest absolute Gasteiger partial charge is 0.123 e. The fourth-order valence-corrected chi connectivity index (χ4v) is 25.2. The predicted molar refractivity (Wildman–Crippen MR) is 104 cm³/mol. The first kappa shape index (κ1) is 15.4. The molecule has 4 aliphatic heterocycles. The minimum absolute atomic E-state index is 0.276. The van der Waals surface area contributed by atoms with Crippen LogP contribution in [0.1, 0.15) is 6.92 Å². The smallest absolute Gasteiger partial charge is 0.104 e. The van der Waals surface area contributed by atoms with Gasteiger partial charge in [0, 0.05) is 16.0 Å². The standard InChI is InChI=1S/C8H9Br3S6/c1-5-12-6(2-9)15-7(3-10,13-5)17-8(4-11,14-5)16-6/h2-4H2,1H3. The summed E-state index contributed by atoms with van der Waals surface area (Å²) in [5.41, 5.74) is 0. The summed E-state index contributed by atoms with van der Waals surface area (Å²) in [6.07, 6.45) is 0. The summed E-state index contributed by atoms with van der Waals surface area (Å²) < 4.78 is 1.12. The summed E-state index contributed by atoms with van der Waals surface area (Å²) in [6.45, 7) is 2.40. The molecule has 0 spiro atoms. The van der Waals surface area contributed by atoms with E-state index < -0.39 is 0 Å². The highest BCUT2D eigenvalue weighted by molar-refractivity contribution is 9.10. The molecule has 4 saturated heterocycles. The van der Waals surface area contributed by atoms with E-state index in [4.69, 9.17) is 0 Å². The molecule has 0 unspecified atom stereocenters. The lowest BCUT2D eigenvalue weighted by Gasteiger charge is -2.65. The summed E-state index contributed by atoms with van der Waals surface area (Å²) in [6, 6.07) is 0. The Hall–Kier alpha value is 3.54. The molecule has 0 nitrogen and oxygen atoms in total. The molecule has 98 valence electrons. The molecule has 4 rings (SSSR count). The van der Waals surface area contributed by atoms with Gasteiger partial charge in [-0.1, -0.05) is 47.8 Å². The van der Waals surface area contributed by atoms with Gasteiger partial charge in [-0.05, 0) is 6.92 Å². The van der Waals surface area contributed by atoms with Crippen molar-refractivity contribution in [2.45, 2.75) is 20.6 Å². The molecular weight excluding hydrogens is 528 g/mol. The molecule has 4 fully saturated rings. The van der Waals surface area contributed by atoms with Gasteiger partial charge in [0.05, 0.1) is 0 Å². The van der Waals surface area contributed by atoms with Gasteiger partial charge < -0.3 is 0 Å². The maximum atomic E-state index is 3.75. The second kappa shape index (κ2) is 5.03. The average Bonchev–Trinajstić information content (AvgIpc) is 2.26. The van der Waals surface area contributed by atoms with E-state index in [1.54, 1.807) is 0 Å². The van der Waals surface area contributed by atoms with Crippen molar-refractivity contribution in [1.29, 1.82) is 0 Å². The lowest BCUT2D eigenvalue weighted by Crippen LogP contribution is -2.54. The first-order valence-electron chi connectivity index (χ1n) is 4.81. The monoisotopic (exact) mass is 534 g/mol. The third kappa shape index (κ3) is 2.55. The summed E-state index contributed by atoms with van der Waals surface area (Å²) >= 11 is 24.1. The van der Waals surface area contributed by atoms with Crippen molar-refractivity contribution in [1.82, 2.24) is 0 Å². The summed E-state index contributed by atoms with van der Waals surface area (Å²) in [4.78, 5) is 0. The second-order valence-electron chi connectivity index (χ2n) is 3.92. The number of halogens is 3. The Morgan fingerprint density at radius 1 is 0.647 bits per heavy atom. The van der Waals surface area contributed by atoms with Crippen LogP contribution in [0, 0.1) is 0 Å². The van der Waals surface area contributed by atoms with Crippen molar-refractivity contribution in [3.63, 3.8) is 0 Å². The molecular formula is C8H9Br3S6. The van der Waals surface area contributed by atoms with E-state index in [2.05, 4.69) is 125 Å². The van der Waals surface area contributed by atoms with E-state index >= 15 is 0 Å². The van der Waals surface area contributed by atoms with Gasteiger partial charge in [-0.15, -0.1) is 70.6 Å². The number of rotatable bonds is 3. The van der Waals surface area contributed by atoms with Crippen molar-refractivity contribution in [2.24, 2.45) is 0 Å². The van der Waals surface area contributed by atoms with Crippen molar-refractivity contribution >= 4 is 118 Å². The minimum atomic E-state index is 0.276. The van der Waals surface area contributed by atoms with Crippen LogP contribution < -0.4 is 0 Å². The Balaban J connectivity index is 2.06. The van der Waals surface area contributed by atoms with E-state index in [9.17, 15) is 0 Å². The quantitative estimate of drug-likeness (QED) is 0.388. The van der Waals surface area contributed by atoms with Crippen LogP contribution >= 0.6 is 118 Å². The Labute approximate surface area is 153 Å². The van der Waals surface area contributed by atoms with Crippen molar-refractivity contribution < 1.29 is 0 Å². The molecule has 17 heavy (non-hydrogen) atoms. The highest BCUT2D eigenvalue weighted by atomic mass is 79.9. The van der Waals surface area contributed by atoms with Crippen molar-refractivity contribution in [3.05, 3.63) is 0 Å². The van der Waals surface area contributed by atoms with Gasteiger partial charge in [0.2, 0.25) is 0 Å². The van der Waals surface area contributed by atoms with E-state index in [-0.39, 0.29) is 13.6 Å². The molecule has 0 aromatic rings. The molecule has 0 aromatic heterocycles. The molecule has 4 bridgehead atoms. The molecule has 0 amide bonds. The van der Waals surface area contributed by atoms with Crippen LogP contribution in [-0.4, -0.2) is 29.6 Å². The van der Waals surface area contributed by atoms with Crippen LogP contribution in [0.2, 0.25) is 0 Å². The number of alkyl halides is 3. The third-order valence-electron chi connectivity index (χ3n) is 2.45. The molecule has 0 saturated carbocycles. The van der Waals surface area contributed by atoms with E-state index in [1.807, 2.05) is 0 Å². The fourth-order valence-electron chi connectivity index (χ4n) is 2.05. The highest BCUT2D eigenvalue weighted by Gasteiger charge is 2.70. The Kier molecular flexibility index (Phi) is 4.57. The zero-order valence-electron chi connectivity index (χ0n) is 8.70. The van der Waals surface area contributed by atoms with Gasteiger partial charge >= 0.3 is 0 Å². The van der Waals surface area contributed by atoms with E-state index in [1.165, 1.54) is 0 Å². The molecule has 0 aliphatic carbocycles. The van der Waals surface area contributed by atoms with Gasteiger partial charge in [0.15, 0.2) is 0 Å². The predicted octanol–water partition coefficient (Wildman–Crippen LogP) is 6.25. The number of hydrogen-bond acceptors (Lipinski definition) is 6. The van der Waals surface area contributed by atoms with Crippen molar-refractivity contribution in [2.75, 3.05) is 16.0 Å². The summed E-state index contributed by atoms with van der Waals surface area (Å²) in [7, 11) is 0. The third-order valence-corrected chi connectivity index (χ3v) is 19.5. The topological polar surface area (TPSA) is 0 Å². The molecule has 4 aliphatic rings. The Bertz CT molecular complexity index is 294.